The number of benzene rings is 1. The molecule has 6 nitrogen and oxygen atoms in total. The summed E-state index contributed by atoms with van der Waals surface area (Å²) in [5.74, 6) is -0.468. The Morgan fingerprint density at radius 2 is 1.88 bits per heavy atom. The van der Waals surface area contributed by atoms with Gasteiger partial charge < -0.3 is 20.8 Å². The Kier molecular flexibility index (Phi) is 8.60. The van der Waals surface area contributed by atoms with Crippen molar-refractivity contribution in [2.75, 3.05) is 13.1 Å². The number of carbonyl (C=O) groups excluding carboxylic acids is 2. The number of amides is 2. The van der Waals surface area contributed by atoms with E-state index in [1.165, 1.54) is 6.26 Å². The zero-order valence-electron chi connectivity index (χ0n) is 13.2. The van der Waals surface area contributed by atoms with Crippen LogP contribution in [-0.2, 0) is 11.2 Å². The van der Waals surface area contributed by atoms with Crippen LogP contribution in [0.15, 0.2) is 53.1 Å². The number of nitrogens with two attached hydrogens (primary N) is 1. The van der Waals surface area contributed by atoms with Crippen molar-refractivity contribution in [3.8, 4) is 0 Å². The van der Waals surface area contributed by atoms with E-state index in [0.717, 1.165) is 5.56 Å². The van der Waals surface area contributed by atoms with Crippen LogP contribution < -0.4 is 16.4 Å². The second-order valence-corrected chi connectivity index (χ2v) is 5.13. The van der Waals surface area contributed by atoms with Crippen molar-refractivity contribution in [3.63, 3.8) is 0 Å². The average Bonchev–Trinajstić information content (AvgIpc) is 3.10. The third kappa shape index (κ3) is 6.06. The zero-order chi connectivity index (χ0) is 16.5. The van der Waals surface area contributed by atoms with Gasteiger partial charge in [-0.15, -0.1) is 12.4 Å². The molecule has 0 saturated carbocycles. The molecule has 0 radical (unpaired) electrons. The molecule has 0 fully saturated rings. The molecule has 0 spiro atoms. The topological polar surface area (TPSA) is 97.4 Å². The molecule has 2 aromatic rings. The van der Waals surface area contributed by atoms with E-state index in [2.05, 4.69) is 10.6 Å². The highest BCUT2D eigenvalue weighted by Crippen LogP contribution is 2.06. The molecule has 7 heteroatoms. The van der Waals surface area contributed by atoms with Gasteiger partial charge in [0.05, 0.1) is 6.26 Å². The van der Waals surface area contributed by atoms with Crippen molar-refractivity contribution >= 4 is 24.2 Å². The molecule has 24 heavy (non-hydrogen) atoms. The maximum absolute atomic E-state index is 12.3. The number of rotatable bonds is 8. The quantitative estimate of drug-likeness (QED) is 0.628. The molecule has 1 unspecified atom stereocenters. The minimum Gasteiger partial charge on any atom is -0.459 e. The molecule has 1 heterocycles. The van der Waals surface area contributed by atoms with Gasteiger partial charge in [0.25, 0.3) is 5.91 Å². The second-order valence-electron chi connectivity index (χ2n) is 5.13. The third-order valence-electron chi connectivity index (χ3n) is 3.33. The average molecular weight is 352 g/mol. The summed E-state index contributed by atoms with van der Waals surface area (Å²) in [5, 5.41) is 5.51. The Morgan fingerprint density at radius 1 is 1.12 bits per heavy atom. The molecule has 1 atom stereocenters. The predicted molar refractivity (Wildman–Crippen MR) is 94.0 cm³/mol. The van der Waals surface area contributed by atoms with Gasteiger partial charge in [-0.05, 0) is 30.7 Å². The van der Waals surface area contributed by atoms with Gasteiger partial charge in [0.15, 0.2) is 5.76 Å². The molecule has 0 aliphatic carbocycles. The summed E-state index contributed by atoms with van der Waals surface area (Å²) in [6, 6.07) is 12.0. The minimum absolute atomic E-state index is 0. The summed E-state index contributed by atoms with van der Waals surface area (Å²) in [7, 11) is 0. The van der Waals surface area contributed by atoms with Crippen molar-refractivity contribution in [2.45, 2.75) is 18.9 Å². The van der Waals surface area contributed by atoms with Gasteiger partial charge in [-0.25, -0.2) is 0 Å². The molecule has 0 saturated heterocycles. The molecule has 2 rings (SSSR count). The van der Waals surface area contributed by atoms with Gasteiger partial charge in [-0.3, -0.25) is 9.59 Å². The molecule has 0 bridgehead atoms. The lowest BCUT2D eigenvalue weighted by Crippen LogP contribution is -2.48. The fourth-order valence-corrected chi connectivity index (χ4v) is 2.13. The monoisotopic (exact) mass is 351 g/mol. The molecule has 130 valence electrons. The van der Waals surface area contributed by atoms with Crippen LogP contribution >= 0.6 is 12.4 Å². The number of hydrogen-bond donors (Lipinski definition) is 3. The van der Waals surface area contributed by atoms with Gasteiger partial charge in [-0.1, -0.05) is 30.3 Å². The Balaban J connectivity index is 0.00000288. The first kappa shape index (κ1) is 19.7. The normalized spacial score (nSPS) is 11.2. The first-order chi connectivity index (χ1) is 11.2. The predicted octanol–water partition coefficient (Wildman–Crippen LogP) is 1.51. The summed E-state index contributed by atoms with van der Waals surface area (Å²) in [5.41, 5.74) is 6.39. The summed E-state index contributed by atoms with van der Waals surface area (Å²) in [4.78, 5) is 24.5. The first-order valence-electron chi connectivity index (χ1n) is 7.57. The van der Waals surface area contributed by atoms with Crippen LogP contribution in [0.5, 0.6) is 0 Å². The minimum atomic E-state index is -0.673. The fourth-order valence-electron chi connectivity index (χ4n) is 2.13. The van der Waals surface area contributed by atoms with Crippen molar-refractivity contribution in [1.29, 1.82) is 0 Å². The van der Waals surface area contributed by atoms with Crippen molar-refractivity contribution in [2.24, 2.45) is 5.73 Å². The van der Waals surface area contributed by atoms with E-state index >= 15 is 0 Å². The Morgan fingerprint density at radius 3 is 2.50 bits per heavy atom. The van der Waals surface area contributed by atoms with Gasteiger partial charge >= 0.3 is 0 Å². The maximum Gasteiger partial charge on any atom is 0.287 e. The second kappa shape index (κ2) is 10.5. The largest absolute Gasteiger partial charge is 0.459 e. The van der Waals surface area contributed by atoms with Crippen molar-refractivity contribution < 1.29 is 14.0 Å². The molecule has 2 amide bonds. The number of halogens is 1. The number of carbonyl (C=O) groups is 2. The van der Waals surface area contributed by atoms with E-state index in [9.17, 15) is 9.59 Å². The summed E-state index contributed by atoms with van der Waals surface area (Å²) in [6.45, 7) is 0.986. The van der Waals surface area contributed by atoms with Crippen LogP contribution in [-0.4, -0.2) is 30.9 Å². The first-order valence-corrected chi connectivity index (χ1v) is 7.57. The highest BCUT2D eigenvalue weighted by atomic mass is 35.5. The lowest BCUT2D eigenvalue weighted by molar-refractivity contribution is -0.122. The summed E-state index contributed by atoms with van der Waals surface area (Å²) >= 11 is 0. The zero-order valence-corrected chi connectivity index (χ0v) is 14.1. The van der Waals surface area contributed by atoms with Crippen LogP contribution in [0, 0.1) is 0 Å². The van der Waals surface area contributed by atoms with E-state index in [-0.39, 0.29) is 24.1 Å². The van der Waals surface area contributed by atoms with E-state index in [1.54, 1.807) is 12.1 Å². The number of nitrogens with one attached hydrogen (secondary N) is 2. The lowest BCUT2D eigenvalue weighted by Gasteiger charge is -2.18. The Hall–Kier alpha value is -2.31. The van der Waals surface area contributed by atoms with Crippen LogP contribution in [0.1, 0.15) is 22.5 Å². The van der Waals surface area contributed by atoms with Crippen molar-refractivity contribution in [3.05, 3.63) is 60.1 Å². The Bertz CT molecular complexity index is 617. The van der Waals surface area contributed by atoms with E-state index < -0.39 is 11.9 Å². The molecular formula is C17H22ClN3O3. The van der Waals surface area contributed by atoms with Gasteiger partial charge in [0.1, 0.15) is 6.04 Å². The number of furan rings is 1. The fraction of sp³-hybridized carbons (Fsp3) is 0.294. The highest BCUT2D eigenvalue weighted by molar-refractivity contribution is 5.95. The smallest absolute Gasteiger partial charge is 0.287 e. The van der Waals surface area contributed by atoms with Crippen LogP contribution in [0.4, 0.5) is 0 Å². The molecule has 0 aliphatic heterocycles. The Labute approximate surface area is 147 Å². The third-order valence-corrected chi connectivity index (χ3v) is 3.33. The van der Waals surface area contributed by atoms with E-state index in [0.29, 0.717) is 25.9 Å². The molecule has 0 aliphatic rings. The van der Waals surface area contributed by atoms with Gasteiger partial charge in [-0.2, -0.15) is 0 Å². The van der Waals surface area contributed by atoms with E-state index in [4.69, 9.17) is 10.2 Å². The SMILES string of the molecule is Cl.NCCCNC(=O)C(Cc1ccccc1)NC(=O)c1ccco1. The van der Waals surface area contributed by atoms with Gasteiger partial charge in [0, 0.05) is 13.0 Å². The van der Waals surface area contributed by atoms with Crippen molar-refractivity contribution in [1.82, 2.24) is 10.6 Å². The maximum atomic E-state index is 12.3. The van der Waals surface area contributed by atoms with Crippen LogP contribution in [0.3, 0.4) is 0 Å². The lowest BCUT2D eigenvalue weighted by atomic mass is 10.0. The molecule has 1 aromatic heterocycles. The van der Waals surface area contributed by atoms with Gasteiger partial charge in [0.2, 0.25) is 5.91 Å². The highest BCUT2D eigenvalue weighted by Gasteiger charge is 2.22. The molecule has 4 N–H and O–H groups in total. The molecule has 1 aromatic carbocycles. The standard InChI is InChI=1S/C17H21N3O3.ClH/c18-9-5-10-19-16(21)14(12-13-6-2-1-3-7-13)20-17(22)15-8-4-11-23-15;/h1-4,6-8,11,14H,5,9-10,12,18H2,(H,19,21)(H,20,22);1H. The summed E-state index contributed by atoms with van der Waals surface area (Å²) < 4.78 is 5.06. The van der Waals surface area contributed by atoms with Crippen LogP contribution in [0.25, 0.3) is 0 Å². The summed E-state index contributed by atoms with van der Waals surface area (Å²) in [6.07, 6.45) is 2.51. The molecular weight excluding hydrogens is 330 g/mol. The number of hydrogen-bond acceptors (Lipinski definition) is 4. The van der Waals surface area contributed by atoms with E-state index in [1.807, 2.05) is 30.3 Å². The van der Waals surface area contributed by atoms with Crippen LogP contribution in [0.2, 0.25) is 0 Å².